The Hall–Kier alpha value is -2.30. The molecule has 5 nitrogen and oxygen atoms in total. The zero-order valence-electron chi connectivity index (χ0n) is 9.47. The summed E-state index contributed by atoms with van der Waals surface area (Å²) in [4.78, 5) is 15.2. The van der Waals surface area contributed by atoms with Crippen LogP contribution in [0.15, 0.2) is 30.5 Å². The van der Waals surface area contributed by atoms with Crippen LogP contribution >= 0.6 is 0 Å². The molecule has 1 heterocycles. The SMILES string of the molecule is CC(Nc1ccc2ncccc2c1N)C(N)=O. The van der Waals surface area contributed by atoms with E-state index >= 15 is 0 Å². The first-order valence-corrected chi connectivity index (χ1v) is 5.28. The standard InChI is InChI=1S/C12H14N4O/c1-7(12(14)17)16-10-5-4-9-8(11(10)13)3-2-6-15-9/h2-7,16H,13H2,1H3,(H2,14,17). The Morgan fingerprint density at radius 3 is 2.88 bits per heavy atom. The van der Waals surface area contributed by atoms with Gasteiger partial charge in [0.05, 0.1) is 16.9 Å². The van der Waals surface area contributed by atoms with Gasteiger partial charge >= 0.3 is 0 Å². The van der Waals surface area contributed by atoms with Gasteiger partial charge in [0.25, 0.3) is 0 Å². The number of hydrogen-bond donors (Lipinski definition) is 3. The number of aromatic nitrogens is 1. The smallest absolute Gasteiger partial charge is 0.239 e. The molecule has 1 amide bonds. The van der Waals surface area contributed by atoms with Gasteiger partial charge < -0.3 is 16.8 Å². The van der Waals surface area contributed by atoms with Crippen molar-refractivity contribution in [2.24, 2.45) is 5.73 Å². The summed E-state index contributed by atoms with van der Waals surface area (Å²) in [5.41, 5.74) is 13.3. The fourth-order valence-corrected chi connectivity index (χ4v) is 1.61. The number of hydrogen-bond acceptors (Lipinski definition) is 4. The van der Waals surface area contributed by atoms with Crippen LogP contribution in [0.1, 0.15) is 6.92 Å². The van der Waals surface area contributed by atoms with Gasteiger partial charge in [0, 0.05) is 11.6 Å². The molecule has 2 aromatic rings. The predicted molar refractivity (Wildman–Crippen MR) is 68.4 cm³/mol. The van der Waals surface area contributed by atoms with Crippen LogP contribution in [0, 0.1) is 0 Å². The van der Waals surface area contributed by atoms with Gasteiger partial charge in [0.15, 0.2) is 0 Å². The molecular formula is C12H14N4O. The van der Waals surface area contributed by atoms with E-state index in [0.29, 0.717) is 11.4 Å². The Kier molecular flexibility index (Phi) is 2.82. The molecule has 2 rings (SSSR count). The maximum absolute atomic E-state index is 11.0. The zero-order chi connectivity index (χ0) is 12.4. The monoisotopic (exact) mass is 230 g/mol. The summed E-state index contributed by atoms with van der Waals surface area (Å²) in [6.07, 6.45) is 1.71. The number of nitrogen functional groups attached to an aromatic ring is 1. The van der Waals surface area contributed by atoms with Crippen molar-refractivity contribution in [2.45, 2.75) is 13.0 Å². The summed E-state index contributed by atoms with van der Waals surface area (Å²) in [6.45, 7) is 1.69. The van der Waals surface area contributed by atoms with Gasteiger partial charge in [-0.1, -0.05) is 0 Å². The van der Waals surface area contributed by atoms with Crippen LogP contribution in [0.5, 0.6) is 0 Å². The molecule has 5 heteroatoms. The van der Waals surface area contributed by atoms with Crippen molar-refractivity contribution in [3.8, 4) is 0 Å². The van der Waals surface area contributed by atoms with Gasteiger partial charge in [-0.2, -0.15) is 0 Å². The fraction of sp³-hybridized carbons (Fsp3) is 0.167. The van der Waals surface area contributed by atoms with Crippen LogP contribution in [-0.4, -0.2) is 16.9 Å². The summed E-state index contributed by atoms with van der Waals surface area (Å²) in [7, 11) is 0. The Morgan fingerprint density at radius 2 is 2.18 bits per heavy atom. The van der Waals surface area contributed by atoms with Crippen molar-refractivity contribution in [1.29, 1.82) is 0 Å². The number of nitrogens with zero attached hydrogens (tertiary/aromatic N) is 1. The van der Waals surface area contributed by atoms with Crippen molar-refractivity contribution in [1.82, 2.24) is 4.98 Å². The first-order valence-electron chi connectivity index (χ1n) is 5.28. The summed E-state index contributed by atoms with van der Waals surface area (Å²) in [6, 6.07) is 6.88. The molecule has 88 valence electrons. The van der Waals surface area contributed by atoms with Crippen molar-refractivity contribution in [3.05, 3.63) is 30.5 Å². The van der Waals surface area contributed by atoms with E-state index in [4.69, 9.17) is 11.5 Å². The lowest BCUT2D eigenvalue weighted by atomic mass is 10.1. The topological polar surface area (TPSA) is 94.0 Å². The highest BCUT2D eigenvalue weighted by Crippen LogP contribution is 2.27. The molecule has 0 spiro atoms. The van der Waals surface area contributed by atoms with Gasteiger partial charge in [0.2, 0.25) is 5.91 Å². The largest absolute Gasteiger partial charge is 0.397 e. The number of anilines is 2. The van der Waals surface area contributed by atoms with Gasteiger partial charge in [-0.05, 0) is 31.2 Å². The van der Waals surface area contributed by atoms with Gasteiger partial charge in [-0.15, -0.1) is 0 Å². The molecule has 17 heavy (non-hydrogen) atoms. The Morgan fingerprint density at radius 1 is 1.41 bits per heavy atom. The maximum Gasteiger partial charge on any atom is 0.239 e. The summed E-state index contributed by atoms with van der Waals surface area (Å²) in [5, 5.41) is 3.83. The number of rotatable bonds is 3. The lowest BCUT2D eigenvalue weighted by molar-refractivity contribution is -0.118. The molecular weight excluding hydrogens is 216 g/mol. The Labute approximate surface area is 98.8 Å². The number of fused-ring (bicyclic) bond motifs is 1. The van der Waals surface area contributed by atoms with Crippen molar-refractivity contribution in [2.75, 3.05) is 11.1 Å². The minimum Gasteiger partial charge on any atom is -0.397 e. The second-order valence-electron chi connectivity index (χ2n) is 3.87. The normalized spacial score (nSPS) is 12.3. The molecule has 1 aromatic carbocycles. The summed E-state index contributed by atoms with van der Waals surface area (Å²) < 4.78 is 0. The number of benzene rings is 1. The van der Waals surface area contributed by atoms with Gasteiger partial charge in [0.1, 0.15) is 6.04 Å². The predicted octanol–water partition coefficient (Wildman–Crippen LogP) is 1.10. The molecule has 1 aromatic heterocycles. The zero-order valence-corrected chi connectivity index (χ0v) is 9.47. The fourth-order valence-electron chi connectivity index (χ4n) is 1.61. The molecule has 0 aliphatic heterocycles. The lowest BCUT2D eigenvalue weighted by Crippen LogP contribution is -2.32. The quantitative estimate of drug-likeness (QED) is 0.688. The number of nitrogens with two attached hydrogens (primary N) is 2. The molecule has 0 aliphatic rings. The number of carbonyl (C=O) groups excluding carboxylic acids is 1. The molecule has 5 N–H and O–H groups in total. The molecule has 0 saturated heterocycles. The lowest BCUT2D eigenvalue weighted by Gasteiger charge is -2.14. The van der Waals surface area contributed by atoms with E-state index in [1.807, 2.05) is 18.2 Å². The number of amides is 1. The number of primary amides is 1. The molecule has 0 saturated carbocycles. The first-order chi connectivity index (χ1) is 8.09. The molecule has 0 bridgehead atoms. The van der Waals surface area contributed by atoms with Gasteiger partial charge in [-0.25, -0.2) is 0 Å². The molecule has 0 radical (unpaired) electrons. The summed E-state index contributed by atoms with van der Waals surface area (Å²) >= 11 is 0. The van der Waals surface area contributed by atoms with Crippen LogP contribution in [0.25, 0.3) is 10.9 Å². The van der Waals surface area contributed by atoms with Crippen LogP contribution in [-0.2, 0) is 4.79 Å². The van der Waals surface area contributed by atoms with Crippen LogP contribution in [0.4, 0.5) is 11.4 Å². The average Bonchev–Trinajstić information content (AvgIpc) is 2.33. The highest BCUT2D eigenvalue weighted by molar-refractivity contribution is 5.97. The maximum atomic E-state index is 11.0. The number of nitrogens with one attached hydrogen (secondary N) is 1. The molecule has 0 aliphatic carbocycles. The second-order valence-corrected chi connectivity index (χ2v) is 3.87. The van der Waals surface area contributed by atoms with E-state index in [9.17, 15) is 4.79 Å². The highest BCUT2D eigenvalue weighted by Gasteiger charge is 2.11. The molecule has 0 fully saturated rings. The molecule has 1 unspecified atom stereocenters. The minimum absolute atomic E-state index is 0.421. The van der Waals surface area contributed by atoms with Crippen LogP contribution < -0.4 is 16.8 Å². The van der Waals surface area contributed by atoms with Crippen LogP contribution in [0.2, 0.25) is 0 Å². The number of pyridine rings is 1. The van der Waals surface area contributed by atoms with E-state index in [1.165, 1.54) is 0 Å². The third-order valence-electron chi connectivity index (χ3n) is 2.63. The third kappa shape index (κ3) is 2.13. The highest BCUT2D eigenvalue weighted by atomic mass is 16.1. The summed E-state index contributed by atoms with van der Waals surface area (Å²) in [5.74, 6) is -0.421. The van der Waals surface area contributed by atoms with E-state index in [-0.39, 0.29) is 0 Å². The van der Waals surface area contributed by atoms with Crippen molar-refractivity contribution >= 4 is 28.2 Å². The Bertz CT molecular complexity index is 567. The van der Waals surface area contributed by atoms with E-state index in [2.05, 4.69) is 10.3 Å². The average molecular weight is 230 g/mol. The number of carbonyl (C=O) groups is 1. The van der Waals surface area contributed by atoms with E-state index < -0.39 is 11.9 Å². The minimum atomic E-state index is -0.466. The molecule has 1 atom stereocenters. The van der Waals surface area contributed by atoms with Crippen LogP contribution in [0.3, 0.4) is 0 Å². The first kappa shape index (κ1) is 11.2. The second kappa shape index (κ2) is 4.29. The van der Waals surface area contributed by atoms with E-state index in [0.717, 1.165) is 10.9 Å². The van der Waals surface area contributed by atoms with E-state index in [1.54, 1.807) is 19.2 Å². The Balaban J connectivity index is 2.42. The van der Waals surface area contributed by atoms with Gasteiger partial charge in [-0.3, -0.25) is 9.78 Å². The third-order valence-corrected chi connectivity index (χ3v) is 2.63. The van der Waals surface area contributed by atoms with Crippen molar-refractivity contribution < 1.29 is 4.79 Å². The van der Waals surface area contributed by atoms with Crippen molar-refractivity contribution in [3.63, 3.8) is 0 Å².